The minimum absolute atomic E-state index is 0.0721. The molecular weight excluding hydrogens is 1090 g/mol. The van der Waals surface area contributed by atoms with Crippen LogP contribution < -0.4 is 14.3 Å². The zero-order chi connectivity index (χ0) is 53.9. The van der Waals surface area contributed by atoms with Gasteiger partial charge >= 0.3 is 5.97 Å². The van der Waals surface area contributed by atoms with Crippen LogP contribution in [-0.2, 0) is 57.9 Å². The highest BCUT2D eigenvalue weighted by atomic mass is 35.5. The number of esters is 1. The summed E-state index contributed by atoms with van der Waals surface area (Å²) in [6.45, 7) is 3.24. The monoisotopic (exact) mass is 1150 g/mol. The summed E-state index contributed by atoms with van der Waals surface area (Å²) in [7, 11) is -13.0. The zero-order valence-corrected chi connectivity index (χ0v) is 45.4. The molecule has 28 heteroatoms. The van der Waals surface area contributed by atoms with Crippen LogP contribution in [0.5, 0.6) is 0 Å². The van der Waals surface area contributed by atoms with Gasteiger partial charge in [-0.15, -0.1) is 0 Å². The molecule has 8 rings (SSSR count). The maximum Gasteiger partial charge on any atom is 0.339 e. The average Bonchev–Trinajstić information content (AvgIpc) is 3.33. The molecule has 20 nitrogen and oxygen atoms in total. The van der Waals surface area contributed by atoms with E-state index in [1.807, 2.05) is 0 Å². The van der Waals surface area contributed by atoms with Crippen LogP contribution in [0.25, 0.3) is 0 Å². The lowest BCUT2D eigenvalue weighted by molar-refractivity contribution is 0.0600. The predicted molar refractivity (Wildman–Crippen MR) is 276 cm³/mol. The Morgan fingerprint density at radius 1 is 0.635 bits per heavy atom. The average molecular weight is 1150 g/mol. The molecule has 0 saturated carbocycles. The second kappa shape index (κ2) is 23.4. The summed E-state index contributed by atoms with van der Waals surface area (Å²) in [5.74, 6) is -2.18. The number of sulfonamides is 4. The molecule has 74 heavy (non-hydrogen) atoms. The van der Waals surface area contributed by atoms with E-state index >= 15 is 0 Å². The molecule has 4 aliphatic rings. The molecule has 6 heterocycles. The van der Waals surface area contributed by atoms with Gasteiger partial charge in [0.25, 0.3) is 0 Å². The summed E-state index contributed by atoms with van der Waals surface area (Å²) in [5.41, 5.74) is 7.12. The normalized spacial score (nSPS) is 18.4. The fourth-order valence-electron chi connectivity index (χ4n) is 9.06. The van der Waals surface area contributed by atoms with Crippen LogP contribution >= 0.6 is 23.2 Å². The number of halogens is 4. The standard InChI is InChI=1S/C23H29ClFN5O5S2.C23H28ClFN4O6S2/c1-36(32,33)29-14-19(15-29)28-8-6-20(7-9-28)37(34,35)30(18-4-5-22(25)21(24)10-18)13-17-3-2-16(12-27-17)23(31)11-26;1-35-23(30)16-3-4-17(26-12-16)13-29(18-5-6-22(25)21(24)11-18)37(33,34)20-7-9-27(10-8-20)19-14-28(15-19)36(2,31)32/h2-5,10,12,19-20H,6-9,11,13-15,26H2,1H3;3-6,11-12,19-20H,7-10,13-15H2,1-2H3. The molecule has 0 radical (unpaired) electrons. The van der Waals surface area contributed by atoms with Crippen molar-refractivity contribution in [1.29, 1.82) is 0 Å². The molecule has 2 aromatic carbocycles. The number of rotatable bonds is 17. The second-order valence-electron chi connectivity index (χ2n) is 18.4. The highest BCUT2D eigenvalue weighted by Gasteiger charge is 2.43. The van der Waals surface area contributed by atoms with Crippen molar-refractivity contribution >= 4 is 86.4 Å². The lowest BCUT2D eigenvalue weighted by Gasteiger charge is -2.46. The van der Waals surface area contributed by atoms with E-state index < -0.39 is 68.2 Å². The van der Waals surface area contributed by atoms with Gasteiger partial charge in [0.15, 0.2) is 5.78 Å². The van der Waals surface area contributed by atoms with Gasteiger partial charge < -0.3 is 10.5 Å². The lowest BCUT2D eigenvalue weighted by atomic mass is 10.0. The van der Waals surface area contributed by atoms with Gasteiger partial charge in [0, 0.05) is 56.2 Å². The smallest absolute Gasteiger partial charge is 0.339 e. The zero-order valence-electron chi connectivity index (χ0n) is 40.6. The third-order valence-electron chi connectivity index (χ3n) is 13.6. The Labute approximate surface area is 440 Å². The Morgan fingerprint density at radius 3 is 1.32 bits per heavy atom. The number of pyridine rings is 2. The number of nitrogens with two attached hydrogens (primary N) is 1. The number of hydrogen-bond donors (Lipinski definition) is 1. The Hall–Kier alpha value is -4.48. The van der Waals surface area contributed by atoms with Crippen molar-refractivity contribution in [2.24, 2.45) is 5.73 Å². The number of methoxy groups -OCH3 is 1. The minimum Gasteiger partial charge on any atom is -0.465 e. The number of likely N-dealkylation sites (tertiary alicyclic amines) is 2. The first-order chi connectivity index (χ1) is 34.8. The molecule has 404 valence electrons. The van der Waals surface area contributed by atoms with Crippen molar-refractivity contribution in [2.45, 2.75) is 61.4 Å². The number of anilines is 2. The third-order valence-corrected chi connectivity index (χ3v) is 21.2. The van der Waals surface area contributed by atoms with Crippen molar-refractivity contribution in [1.82, 2.24) is 28.4 Å². The van der Waals surface area contributed by atoms with Crippen LogP contribution in [0.1, 0.15) is 57.8 Å². The Balaban J connectivity index is 0.000000216. The maximum absolute atomic E-state index is 13.9. The van der Waals surface area contributed by atoms with Gasteiger partial charge in [-0.1, -0.05) is 23.2 Å². The molecule has 2 N–H and O–H groups in total. The lowest BCUT2D eigenvalue weighted by Crippen LogP contribution is -2.62. The molecule has 2 aromatic heterocycles. The summed E-state index contributed by atoms with van der Waals surface area (Å²) in [5, 5.41) is -1.81. The number of carbonyl (C=O) groups excluding carboxylic acids is 2. The molecule has 0 atom stereocenters. The van der Waals surface area contributed by atoms with Crippen LogP contribution in [0.2, 0.25) is 10.0 Å². The first kappa shape index (κ1) is 57.2. The van der Waals surface area contributed by atoms with Gasteiger partial charge in [-0.2, -0.15) is 8.61 Å². The topological polar surface area (TPSA) is 251 Å². The maximum atomic E-state index is 13.9. The quantitative estimate of drug-likeness (QED) is 0.117. The van der Waals surface area contributed by atoms with E-state index in [1.165, 1.54) is 91.7 Å². The summed E-state index contributed by atoms with van der Waals surface area (Å²) in [6.07, 6.45) is 6.45. The molecule has 0 unspecified atom stereocenters. The molecule has 4 saturated heterocycles. The highest BCUT2D eigenvalue weighted by Crippen LogP contribution is 2.34. The van der Waals surface area contributed by atoms with Crippen LogP contribution in [0.3, 0.4) is 0 Å². The van der Waals surface area contributed by atoms with Gasteiger partial charge in [-0.05, 0) is 113 Å². The first-order valence-electron chi connectivity index (χ1n) is 23.3. The number of hydrogen-bond acceptors (Lipinski definition) is 16. The van der Waals surface area contributed by atoms with Gasteiger partial charge in [0.2, 0.25) is 40.1 Å². The Kier molecular flexibility index (Phi) is 18.1. The van der Waals surface area contributed by atoms with Crippen molar-refractivity contribution < 1.29 is 56.8 Å². The first-order valence-corrected chi connectivity index (χ1v) is 30.8. The number of Topliss-reactive ketones (excluding diaryl/α,β-unsaturated/α-hetero) is 1. The van der Waals surface area contributed by atoms with Gasteiger partial charge in [0.1, 0.15) is 11.6 Å². The van der Waals surface area contributed by atoms with Crippen molar-refractivity contribution in [3.05, 3.63) is 117 Å². The highest BCUT2D eigenvalue weighted by molar-refractivity contribution is 7.93. The van der Waals surface area contributed by atoms with Gasteiger partial charge in [-0.3, -0.25) is 33.2 Å². The van der Waals surface area contributed by atoms with Crippen LogP contribution in [-0.4, -0.2) is 175 Å². The van der Waals surface area contributed by atoms with E-state index in [9.17, 15) is 52.0 Å². The number of aromatic nitrogens is 2. The fraction of sp³-hybridized carbons (Fsp3) is 0.478. The van der Waals surface area contributed by atoms with Crippen LogP contribution in [0.4, 0.5) is 20.2 Å². The SMILES string of the molecule is COC(=O)c1ccc(CN(c2ccc(F)c(Cl)c2)S(=O)(=O)C2CCN(C3CN(S(C)(=O)=O)C3)CC2)nc1.CS(=O)(=O)N1CC(N2CCC(S(=O)(=O)N(Cc3ccc(C(=O)CN)cn3)c3ccc(F)c(Cl)c3)CC2)C1. The summed E-state index contributed by atoms with van der Waals surface area (Å²) in [4.78, 5) is 36.2. The molecule has 4 aromatic rings. The molecule has 4 fully saturated rings. The summed E-state index contributed by atoms with van der Waals surface area (Å²) >= 11 is 11.9. The van der Waals surface area contributed by atoms with Crippen LogP contribution in [0, 0.1) is 11.6 Å². The van der Waals surface area contributed by atoms with Gasteiger partial charge in [0.05, 0.1) is 88.1 Å². The molecule has 0 amide bonds. The van der Waals surface area contributed by atoms with E-state index in [0.717, 1.165) is 12.1 Å². The minimum atomic E-state index is -3.92. The van der Waals surface area contributed by atoms with Crippen LogP contribution in [0.15, 0.2) is 73.1 Å². The number of ketones is 1. The Bertz CT molecular complexity index is 2930. The van der Waals surface area contributed by atoms with Crippen molar-refractivity contribution in [2.75, 3.05) is 87.1 Å². The largest absolute Gasteiger partial charge is 0.465 e. The van der Waals surface area contributed by atoms with Crippen molar-refractivity contribution in [3.8, 4) is 0 Å². The predicted octanol–water partition coefficient (Wildman–Crippen LogP) is 3.57. The summed E-state index contributed by atoms with van der Waals surface area (Å²) in [6, 6.07) is 13.7. The van der Waals surface area contributed by atoms with E-state index in [-0.39, 0.29) is 64.5 Å². The van der Waals surface area contributed by atoms with Gasteiger partial charge in [-0.25, -0.2) is 47.2 Å². The summed E-state index contributed by atoms with van der Waals surface area (Å²) < 4.78 is 140. The van der Waals surface area contributed by atoms with E-state index in [1.54, 1.807) is 6.07 Å². The number of carbonyl (C=O) groups is 2. The molecule has 4 aliphatic heterocycles. The molecule has 0 aliphatic carbocycles. The number of piperidine rings is 2. The third kappa shape index (κ3) is 13.4. The second-order valence-corrected chi connectivity index (χ2v) is 27.5. The molecule has 0 spiro atoms. The van der Waals surface area contributed by atoms with E-state index in [4.69, 9.17) is 28.9 Å². The fourth-order valence-corrected chi connectivity index (χ4v) is 15.0. The number of benzene rings is 2. The Morgan fingerprint density at radius 2 is 1.01 bits per heavy atom. The van der Waals surface area contributed by atoms with E-state index in [0.29, 0.717) is 95.0 Å². The number of nitrogens with zero attached hydrogens (tertiary/aromatic N) is 8. The van der Waals surface area contributed by atoms with Crippen molar-refractivity contribution in [3.63, 3.8) is 0 Å². The number of ether oxygens (including phenoxy) is 1. The van der Waals surface area contributed by atoms with E-state index in [2.05, 4.69) is 24.5 Å². The molecular formula is C46H57Cl2F2N9O11S4. The molecule has 0 bridgehead atoms.